The Balaban J connectivity index is 2.89. The van der Waals surface area contributed by atoms with Crippen LogP contribution in [0.3, 0.4) is 0 Å². The van der Waals surface area contributed by atoms with Gasteiger partial charge < -0.3 is 5.11 Å². The third-order valence-electron chi connectivity index (χ3n) is 1.61. The van der Waals surface area contributed by atoms with Crippen molar-refractivity contribution >= 4 is 11.8 Å². The smallest absolute Gasteiger partial charge is 0.0456 e. The molecule has 0 amide bonds. The van der Waals surface area contributed by atoms with Crippen LogP contribution < -0.4 is 0 Å². The maximum absolute atomic E-state index is 8.69. The van der Waals surface area contributed by atoms with E-state index in [0.29, 0.717) is 12.5 Å². The van der Waals surface area contributed by atoms with E-state index in [1.165, 1.54) is 25.0 Å². The van der Waals surface area contributed by atoms with Crippen LogP contribution in [0, 0.1) is 5.92 Å². The highest BCUT2D eigenvalue weighted by Crippen LogP contribution is 2.08. The number of aliphatic hydroxyl groups is 1. The lowest BCUT2D eigenvalue weighted by molar-refractivity contribution is 0.228. The first-order valence-corrected chi connectivity index (χ1v) is 5.30. The van der Waals surface area contributed by atoms with Crippen LogP contribution in [0.5, 0.6) is 0 Å². The van der Waals surface area contributed by atoms with E-state index >= 15 is 0 Å². The number of rotatable bonds is 6. The van der Waals surface area contributed by atoms with Crippen LogP contribution in [-0.4, -0.2) is 23.7 Å². The van der Waals surface area contributed by atoms with Gasteiger partial charge in [0.1, 0.15) is 0 Å². The zero-order valence-electron chi connectivity index (χ0n) is 6.97. The molecular weight excluding hydrogens is 144 g/mol. The normalized spacial score (nSPS) is 13.5. The number of hydrogen-bond acceptors (Lipinski definition) is 2. The van der Waals surface area contributed by atoms with E-state index in [9.17, 15) is 0 Å². The summed E-state index contributed by atoms with van der Waals surface area (Å²) in [5.74, 6) is 1.76. The van der Waals surface area contributed by atoms with Gasteiger partial charge in [-0.3, -0.25) is 0 Å². The van der Waals surface area contributed by atoms with Crippen LogP contribution in [0.15, 0.2) is 0 Å². The fourth-order valence-corrected chi connectivity index (χ4v) is 1.32. The van der Waals surface area contributed by atoms with Gasteiger partial charge in [-0.15, -0.1) is 0 Å². The summed E-state index contributed by atoms with van der Waals surface area (Å²) in [7, 11) is 0. The van der Waals surface area contributed by atoms with Crippen LogP contribution in [0.25, 0.3) is 0 Å². The highest BCUT2D eigenvalue weighted by atomic mass is 32.2. The van der Waals surface area contributed by atoms with Crippen LogP contribution in [-0.2, 0) is 0 Å². The molecule has 0 aromatic carbocycles. The van der Waals surface area contributed by atoms with Crippen molar-refractivity contribution in [2.24, 2.45) is 5.92 Å². The standard InChI is InChI=1S/C8H18OS/c1-8(7-9)5-3-4-6-10-2/h8-9H,3-7H2,1-2H3. The predicted octanol–water partition coefficient (Wildman–Crippen LogP) is 2.15. The summed E-state index contributed by atoms with van der Waals surface area (Å²) in [4.78, 5) is 0. The Morgan fingerprint density at radius 1 is 1.40 bits per heavy atom. The van der Waals surface area contributed by atoms with Crippen molar-refractivity contribution in [2.45, 2.75) is 26.2 Å². The average molecular weight is 162 g/mol. The Morgan fingerprint density at radius 2 is 2.10 bits per heavy atom. The van der Waals surface area contributed by atoms with Gasteiger partial charge in [-0.05, 0) is 30.8 Å². The summed E-state index contributed by atoms with van der Waals surface area (Å²) in [6, 6.07) is 0. The molecule has 0 saturated heterocycles. The SMILES string of the molecule is CSCCCCC(C)CO. The van der Waals surface area contributed by atoms with E-state index in [1.54, 1.807) is 0 Å². The molecule has 1 nitrogen and oxygen atoms in total. The van der Waals surface area contributed by atoms with E-state index in [0.717, 1.165) is 0 Å². The molecule has 1 N–H and O–H groups in total. The van der Waals surface area contributed by atoms with E-state index in [-0.39, 0.29) is 0 Å². The van der Waals surface area contributed by atoms with Crippen LogP contribution in [0.1, 0.15) is 26.2 Å². The Bertz CT molecular complexity index is 66.3. The summed E-state index contributed by atoms with van der Waals surface area (Å²) in [6.07, 6.45) is 5.88. The molecule has 1 unspecified atom stereocenters. The Morgan fingerprint density at radius 3 is 2.60 bits per heavy atom. The third kappa shape index (κ3) is 6.43. The molecule has 0 spiro atoms. The number of hydrogen-bond donors (Lipinski definition) is 1. The summed E-state index contributed by atoms with van der Waals surface area (Å²) in [5, 5.41) is 8.69. The lowest BCUT2D eigenvalue weighted by Gasteiger charge is -2.05. The van der Waals surface area contributed by atoms with Gasteiger partial charge in [0.05, 0.1) is 0 Å². The minimum Gasteiger partial charge on any atom is -0.396 e. The number of aliphatic hydroxyl groups excluding tert-OH is 1. The fraction of sp³-hybridized carbons (Fsp3) is 1.00. The van der Waals surface area contributed by atoms with Crippen molar-refractivity contribution in [1.29, 1.82) is 0 Å². The zero-order valence-corrected chi connectivity index (χ0v) is 7.78. The largest absolute Gasteiger partial charge is 0.396 e. The van der Waals surface area contributed by atoms with Gasteiger partial charge >= 0.3 is 0 Å². The Hall–Kier alpha value is 0.310. The van der Waals surface area contributed by atoms with Gasteiger partial charge in [0.15, 0.2) is 0 Å². The molecule has 10 heavy (non-hydrogen) atoms. The van der Waals surface area contributed by atoms with Crippen LogP contribution in [0.4, 0.5) is 0 Å². The summed E-state index contributed by atoms with van der Waals surface area (Å²) >= 11 is 1.90. The second kappa shape index (κ2) is 7.42. The maximum atomic E-state index is 8.69. The molecule has 0 heterocycles. The second-order valence-corrected chi connectivity index (χ2v) is 3.76. The lowest BCUT2D eigenvalue weighted by Crippen LogP contribution is -1.99. The first-order chi connectivity index (χ1) is 4.81. The fourth-order valence-electron chi connectivity index (χ4n) is 0.830. The molecule has 0 aliphatic rings. The van der Waals surface area contributed by atoms with Gasteiger partial charge in [-0.2, -0.15) is 11.8 Å². The van der Waals surface area contributed by atoms with Gasteiger partial charge in [0.2, 0.25) is 0 Å². The summed E-state index contributed by atoms with van der Waals surface area (Å²) in [5.41, 5.74) is 0. The summed E-state index contributed by atoms with van der Waals surface area (Å²) < 4.78 is 0. The number of thioether (sulfide) groups is 1. The predicted molar refractivity (Wildman–Crippen MR) is 48.5 cm³/mol. The Labute approximate surface area is 68.2 Å². The van der Waals surface area contributed by atoms with E-state index in [4.69, 9.17) is 5.11 Å². The molecule has 0 aromatic heterocycles. The minimum absolute atomic E-state index is 0.346. The first-order valence-electron chi connectivity index (χ1n) is 3.91. The molecule has 0 saturated carbocycles. The van der Waals surface area contributed by atoms with Crippen molar-refractivity contribution in [3.63, 3.8) is 0 Å². The van der Waals surface area contributed by atoms with Crippen molar-refractivity contribution < 1.29 is 5.11 Å². The maximum Gasteiger partial charge on any atom is 0.0456 e. The minimum atomic E-state index is 0.346. The molecule has 0 aliphatic heterocycles. The van der Waals surface area contributed by atoms with Gasteiger partial charge in [0, 0.05) is 6.61 Å². The molecule has 2 heteroatoms. The Kier molecular flexibility index (Phi) is 7.65. The van der Waals surface area contributed by atoms with E-state index in [2.05, 4.69) is 13.2 Å². The summed E-state index contributed by atoms with van der Waals surface area (Å²) in [6.45, 7) is 2.44. The van der Waals surface area contributed by atoms with Crippen molar-refractivity contribution in [1.82, 2.24) is 0 Å². The third-order valence-corrected chi connectivity index (χ3v) is 2.30. The van der Waals surface area contributed by atoms with Crippen molar-refractivity contribution in [2.75, 3.05) is 18.6 Å². The monoisotopic (exact) mass is 162 g/mol. The topological polar surface area (TPSA) is 20.2 Å². The molecule has 62 valence electrons. The molecular formula is C8H18OS. The highest BCUT2D eigenvalue weighted by Gasteiger charge is 1.97. The van der Waals surface area contributed by atoms with Gasteiger partial charge in [-0.1, -0.05) is 13.3 Å². The first kappa shape index (κ1) is 10.3. The molecule has 0 aliphatic carbocycles. The molecule has 0 fully saturated rings. The average Bonchev–Trinajstić information content (AvgIpc) is 1.98. The van der Waals surface area contributed by atoms with Crippen molar-refractivity contribution in [3.05, 3.63) is 0 Å². The van der Waals surface area contributed by atoms with Crippen LogP contribution in [0.2, 0.25) is 0 Å². The second-order valence-electron chi connectivity index (χ2n) is 2.78. The van der Waals surface area contributed by atoms with Crippen molar-refractivity contribution in [3.8, 4) is 0 Å². The van der Waals surface area contributed by atoms with Crippen LogP contribution >= 0.6 is 11.8 Å². The number of unbranched alkanes of at least 4 members (excludes halogenated alkanes) is 1. The molecule has 0 aromatic rings. The zero-order chi connectivity index (χ0) is 7.82. The molecule has 0 radical (unpaired) electrons. The molecule has 0 rings (SSSR count). The van der Waals surface area contributed by atoms with Gasteiger partial charge in [-0.25, -0.2) is 0 Å². The lowest BCUT2D eigenvalue weighted by atomic mass is 10.1. The van der Waals surface area contributed by atoms with E-state index in [1.807, 2.05) is 11.8 Å². The molecule has 0 bridgehead atoms. The van der Waals surface area contributed by atoms with Gasteiger partial charge in [0.25, 0.3) is 0 Å². The quantitative estimate of drug-likeness (QED) is 0.604. The molecule has 1 atom stereocenters. The van der Waals surface area contributed by atoms with E-state index < -0.39 is 0 Å². The highest BCUT2D eigenvalue weighted by molar-refractivity contribution is 7.98.